The van der Waals surface area contributed by atoms with Crippen LogP contribution < -0.4 is 5.69 Å². The SMILES string of the molecule is N#C/C=C/c1c(Cn2c(=O)n(C3CC3)c3ccncc32)nc2cc(Cl)ccn12. The first kappa shape index (κ1) is 16.8. The van der Waals surface area contributed by atoms with Crippen LogP contribution in [0.2, 0.25) is 5.02 Å². The molecular formula is C20H15ClN6O. The van der Waals surface area contributed by atoms with Crippen LogP contribution in [0, 0.1) is 11.3 Å². The van der Waals surface area contributed by atoms with Gasteiger partial charge < -0.3 is 0 Å². The van der Waals surface area contributed by atoms with Crippen molar-refractivity contribution in [2.75, 3.05) is 0 Å². The second kappa shape index (κ2) is 6.36. The topological polar surface area (TPSA) is 80.9 Å². The van der Waals surface area contributed by atoms with Gasteiger partial charge in [-0.2, -0.15) is 5.26 Å². The summed E-state index contributed by atoms with van der Waals surface area (Å²) in [5.74, 6) is 0. The predicted octanol–water partition coefficient (Wildman–Crippen LogP) is 3.42. The van der Waals surface area contributed by atoms with Crippen molar-refractivity contribution in [2.24, 2.45) is 0 Å². The molecule has 1 saturated carbocycles. The molecule has 138 valence electrons. The van der Waals surface area contributed by atoms with E-state index in [2.05, 4.69) is 9.97 Å². The number of nitriles is 1. The first-order valence-corrected chi connectivity index (χ1v) is 9.32. The molecule has 0 atom stereocenters. The molecule has 0 N–H and O–H groups in total. The third-order valence-corrected chi connectivity index (χ3v) is 5.24. The fraction of sp³-hybridized carbons (Fsp3) is 0.200. The van der Waals surface area contributed by atoms with Gasteiger partial charge in [0.25, 0.3) is 0 Å². The fourth-order valence-corrected chi connectivity index (χ4v) is 3.77. The number of aromatic nitrogens is 5. The van der Waals surface area contributed by atoms with E-state index in [0.29, 0.717) is 16.4 Å². The van der Waals surface area contributed by atoms with Crippen LogP contribution in [0.25, 0.3) is 22.8 Å². The number of halogens is 1. The molecule has 0 unspecified atom stereocenters. The van der Waals surface area contributed by atoms with Gasteiger partial charge in [0.05, 0.1) is 41.2 Å². The Bertz CT molecular complexity index is 1350. The summed E-state index contributed by atoms with van der Waals surface area (Å²) >= 11 is 6.10. The van der Waals surface area contributed by atoms with Crippen LogP contribution >= 0.6 is 11.6 Å². The highest BCUT2D eigenvalue weighted by atomic mass is 35.5. The number of pyridine rings is 2. The molecule has 0 saturated heterocycles. The van der Waals surface area contributed by atoms with Gasteiger partial charge >= 0.3 is 5.69 Å². The smallest absolute Gasteiger partial charge is 0.300 e. The standard InChI is InChI=1S/C20H15ClN6O/c21-13-6-9-25-16(2-1-7-22)15(24-19(25)10-13)12-26-18-11-23-8-5-17(18)27(20(26)28)14-3-4-14/h1-2,5-6,8-11,14H,3-4,12H2/b2-1+. The quantitative estimate of drug-likeness (QED) is 0.500. The van der Waals surface area contributed by atoms with Crippen molar-refractivity contribution in [2.45, 2.75) is 25.4 Å². The van der Waals surface area contributed by atoms with Gasteiger partial charge in [0.15, 0.2) is 0 Å². The van der Waals surface area contributed by atoms with Gasteiger partial charge in [0.1, 0.15) is 5.65 Å². The van der Waals surface area contributed by atoms with Gasteiger partial charge in [-0.1, -0.05) is 11.6 Å². The minimum atomic E-state index is -0.0594. The lowest BCUT2D eigenvalue weighted by molar-refractivity contribution is 0.667. The van der Waals surface area contributed by atoms with Gasteiger partial charge in [-0.3, -0.25) is 18.5 Å². The minimum absolute atomic E-state index is 0.0594. The fourth-order valence-electron chi connectivity index (χ4n) is 3.61. The molecule has 4 aromatic heterocycles. The molecule has 4 aromatic rings. The van der Waals surface area contributed by atoms with Crippen LogP contribution in [0.1, 0.15) is 30.3 Å². The van der Waals surface area contributed by atoms with Gasteiger partial charge in [0, 0.05) is 35.6 Å². The highest BCUT2D eigenvalue weighted by Crippen LogP contribution is 2.36. The van der Waals surface area contributed by atoms with Crippen molar-refractivity contribution in [3.8, 4) is 6.07 Å². The normalized spacial score (nSPS) is 14.3. The van der Waals surface area contributed by atoms with E-state index < -0.39 is 0 Å². The zero-order valence-electron chi connectivity index (χ0n) is 14.8. The molecule has 0 bridgehead atoms. The maximum atomic E-state index is 13.1. The molecule has 1 aliphatic carbocycles. The average molecular weight is 391 g/mol. The first-order valence-electron chi connectivity index (χ1n) is 8.95. The zero-order valence-corrected chi connectivity index (χ0v) is 15.5. The summed E-state index contributed by atoms with van der Waals surface area (Å²) in [7, 11) is 0. The number of fused-ring (bicyclic) bond motifs is 2. The summed E-state index contributed by atoms with van der Waals surface area (Å²) < 4.78 is 5.42. The van der Waals surface area contributed by atoms with Crippen LogP contribution in [-0.4, -0.2) is 23.5 Å². The molecule has 0 spiro atoms. The molecule has 1 fully saturated rings. The second-order valence-electron chi connectivity index (χ2n) is 6.81. The van der Waals surface area contributed by atoms with Crippen LogP contribution in [0.4, 0.5) is 0 Å². The molecule has 0 amide bonds. The lowest BCUT2D eigenvalue weighted by Gasteiger charge is -2.02. The molecule has 8 heteroatoms. The zero-order chi connectivity index (χ0) is 19.3. The van der Waals surface area contributed by atoms with Crippen molar-refractivity contribution < 1.29 is 0 Å². The summed E-state index contributed by atoms with van der Waals surface area (Å²) in [6.45, 7) is 0.283. The van der Waals surface area contributed by atoms with Crippen LogP contribution in [0.15, 0.2) is 47.7 Å². The van der Waals surface area contributed by atoms with Crippen LogP contribution in [0.3, 0.4) is 0 Å². The number of rotatable bonds is 4. The average Bonchev–Trinajstić information content (AvgIpc) is 3.41. The van der Waals surface area contributed by atoms with Crippen molar-refractivity contribution in [1.29, 1.82) is 5.26 Å². The highest BCUT2D eigenvalue weighted by molar-refractivity contribution is 6.30. The van der Waals surface area contributed by atoms with E-state index in [1.807, 2.05) is 27.3 Å². The Kier molecular flexibility index (Phi) is 3.81. The van der Waals surface area contributed by atoms with Gasteiger partial charge in [0.2, 0.25) is 0 Å². The lowest BCUT2D eigenvalue weighted by atomic mass is 10.3. The van der Waals surface area contributed by atoms with E-state index in [9.17, 15) is 4.79 Å². The molecule has 0 aromatic carbocycles. The number of imidazole rings is 2. The van der Waals surface area contributed by atoms with E-state index in [1.54, 1.807) is 35.2 Å². The Morgan fingerprint density at radius 2 is 2.18 bits per heavy atom. The summed E-state index contributed by atoms with van der Waals surface area (Å²) in [5, 5.41) is 9.54. The van der Waals surface area contributed by atoms with Gasteiger partial charge in [-0.15, -0.1) is 0 Å². The van der Waals surface area contributed by atoms with E-state index in [1.165, 1.54) is 6.08 Å². The van der Waals surface area contributed by atoms with Crippen molar-refractivity contribution in [3.63, 3.8) is 0 Å². The number of nitrogens with zero attached hydrogens (tertiary/aromatic N) is 6. The third-order valence-electron chi connectivity index (χ3n) is 5.00. The summed E-state index contributed by atoms with van der Waals surface area (Å²) in [6, 6.07) is 7.67. The lowest BCUT2D eigenvalue weighted by Crippen LogP contribution is -2.24. The molecule has 1 aliphatic rings. The maximum absolute atomic E-state index is 13.1. The third kappa shape index (κ3) is 2.62. The summed E-state index contributed by atoms with van der Waals surface area (Å²) in [6.07, 6.45) is 10.4. The number of hydrogen-bond acceptors (Lipinski definition) is 4. The molecule has 4 heterocycles. The summed E-state index contributed by atoms with van der Waals surface area (Å²) in [4.78, 5) is 22.0. The molecule has 0 aliphatic heterocycles. The summed E-state index contributed by atoms with van der Waals surface area (Å²) in [5.41, 5.74) is 3.71. The van der Waals surface area contributed by atoms with Crippen LogP contribution in [0.5, 0.6) is 0 Å². The Labute approximate surface area is 164 Å². The monoisotopic (exact) mass is 390 g/mol. The Hall–Kier alpha value is -3.37. The van der Waals surface area contributed by atoms with Gasteiger partial charge in [-0.05, 0) is 31.1 Å². The second-order valence-corrected chi connectivity index (χ2v) is 7.25. The van der Waals surface area contributed by atoms with E-state index in [0.717, 1.165) is 29.6 Å². The van der Waals surface area contributed by atoms with Gasteiger partial charge in [-0.25, -0.2) is 9.78 Å². The van der Waals surface area contributed by atoms with Crippen molar-refractivity contribution >= 4 is 34.4 Å². The Morgan fingerprint density at radius 3 is 2.96 bits per heavy atom. The number of hydrogen-bond donors (Lipinski definition) is 0. The Balaban J connectivity index is 1.71. The minimum Gasteiger partial charge on any atom is -0.300 e. The molecule has 7 nitrogen and oxygen atoms in total. The molecular weight excluding hydrogens is 376 g/mol. The van der Waals surface area contributed by atoms with Crippen LogP contribution in [-0.2, 0) is 6.54 Å². The van der Waals surface area contributed by atoms with Crippen molar-refractivity contribution in [3.05, 3.63) is 69.8 Å². The van der Waals surface area contributed by atoms with Crippen molar-refractivity contribution in [1.82, 2.24) is 23.5 Å². The molecule has 28 heavy (non-hydrogen) atoms. The first-order chi connectivity index (χ1) is 13.7. The van der Waals surface area contributed by atoms with E-state index in [4.69, 9.17) is 16.9 Å². The molecule has 5 rings (SSSR count). The predicted molar refractivity (Wildman–Crippen MR) is 106 cm³/mol. The molecule has 0 radical (unpaired) electrons. The maximum Gasteiger partial charge on any atom is 0.329 e. The van der Waals surface area contributed by atoms with E-state index in [-0.39, 0.29) is 18.3 Å². The Morgan fingerprint density at radius 1 is 1.32 bits per heavy atom. The highest BCUT2D eigenvalue weighted by Gasteiger charge is 2.29. The number of allylic oxidation sites excluding steroid dienone is 1. The largest absolute Gasteiger partial charge is 0.329 e. The van der Waals surface area contributed by atoms with E-state index >= 15 is 0 Å².